The predicted octanol–water partition coefficient (Wildman–Crippen LogP) is 0.439. The minimum absolute atomic E-state index is 0.218. The molecule has 2 fully saturated rings. The number of hydrogen-bond donors (Lipinski definition) is 2. The van der Waals surface area contributed by atoms with Crippen molar-refractivity contribution in [1.82, 2.24) is 30.6 Å². The van der Waals surface area contributed by atoms with Crippen molar-refractivity contribution < 1.29 is 9.53 Å². The molecule has 2 N–H and O–H groups in total. The number of rotatable bonds is 6. The lowest BCUT2D eigenvalue weighted by Gasteiger charge is -2.29. The van der Waals surface area contributed by atoms with E-state index in [-0.39, 0.29) is 5.91 Å². The predicted molar refractivity (Wildman–Crippen MR) is 104 cm³/mol. The zero-order chi connectivity index (χ0) is 19.2. The monoisotopic (exact) mass is 385 g/mol. The van der Waals surface area contributed by atoms with Gasteiger partial charge in [0, 0.05) is 37.9 Å². The number of aromatic nitrogens is 4. The molecule has 1 amide bonds. The zero-order valence-corrected chi connectivity index (χ0v) is 16.0. The van der Waals surface area contributed by atoms with E-state index in [2.05, 4.69) is 30.8 Å². The summed E-state index contributed by atoms with van der Waals surface area (Å²) in [4.78, 5) is 19.2. The van der Waals surface area contributed by atoms with Gasteiger partial charge in [0.05, 0.1) is 19.4 Å². The first kappa shape index (κ1) is 18.8. The molecule has 2 aromatic heterocycles. The lowest BCUT2D eigenvalue weighted by atomic mass is 10.00. The van der Waals surface area contributed by atoms with E-state index in [1.165, 1.54) is 12.8 Å². The molecule has 0 aromatic carbocycles. The van der Waals surface area contributed by atoms with Gasteiger partial charge in [-0.3, -0.25) is 9.48 Å². The van der Waals surface area contributed by atoms with Gasteiger partial charge in [-0.05, 0) is 37.9 Å². The minimum Gasteiger partial charge on any atom is -0.378 e. The Morgan fingerprint density at radius 3 is 3.07 bits per heavy atom. The molecule has 9 heteroatoms. The van der Waals surface area contributed by atoms with E-state index in [0.717, 1.165) is 44.1 Å². The van der Waals surface area contributed by atoms with Gasteiger partial charge < -0.3 is 20.3 Å². The molecule has 0 aliphatic carbocycles. The number of ether oxygens (including phenoxy) is 1. The Balaban J connectivity index is 1.34. The van der Waals surface area contributed by atoms with Crippen LogP contribution < -0.4 is 15.5 Å². The van der Waals surface area contributed by atoms with Crippen LogP contribution in [-0.2, 0) is 17.8 Å². The first-order valence-corrected chi connectivity index (χ1v) is 9.95. The maximum atomic E-state index is 12.5. The molecule has 2 aliphatic rings. The number of carbonyl (C=O) groups excluding carboxylic acids is 1. The van der Waals surface area contributed by atoms with E-state index in [9.17, 15) is 4.79 Å². The van der Waals surface area contributed by atoms with Crippen molar-refractivity contribution in [2.24, 2.45) is 5.92 Å². The normalized spacial score (nSPS) is 20.1. The second-order valence-corrected chi connectivity index (χ2v) is 7.31. The summed E-state index contributed by atoms with van der Waals surface area (Å²) < 4.78 is 7.19. The highest BCUT2D eigenvalue weighted by Gasteiger charge is 2.18. The largest absolute Gasteiger partial charge is 0.378 e. The Morgan fingerprint density at radius 2 is 2.25 bits per heavy atom. The van der Waals surface area contributed by atoms with Crippen molar-refractivity contribution in [3.8, 4) is 0 Å². The number of anilines is 1. The van der Waals surface area contributed by atoms with Crippen molar-refractivity contribution in [1.29, 1.82) is 0 Å². The summed E-state index contributed by atoms with van der Waals surface area (Å²) in [5, 5.41) is 14.5. The van der Waals surface area contributed by atoms with E-state index in [4.69, 9.17) is 4.74 Å². The Bertz CT molecular complexity index is 782. The Morgan fingerprint density at radius 1 is 1.36 bits per heavy atom. The van der Waals surface area contributed by atoms with Gasteiger partial charge in [0.1, 0.15) is 5.82 Å². The average Bonchev–Trinajstić information content (AvgIpc) is 3.22. The molecule has 1 atom stereocenters. The molecule has 0 spiro atoms. The summed E-state index contributed by atoms with van der Waals surface area (Å²) in [6, 6.07) is 3.88. The third-order valence-electron chi connectivity index (χ3n) is 5.23. The Labute approximate surface area is 164 Å². The maximum Gasteiger partial charge on any atom is 0.273 e. The first-order chi connectivity index (χ1) is 13.8. The van der Waals surface area contributed by atoms with Gasteiger partial charge in [0.15, 0.2) is 5.69 Å². The standard InChI is InChI=1S/C19H27N7O2/c27-19(17-14-26(24-23-17)13-15-3-1-5-20-11-15)22-12-16-4-2-6-21-18(16)25-7-9-28-10-8-25/h2,4,6,14-15,20H,1,3,5,7-13H2,(H,22,27)/t15-/m1/s1. The van der Waals surface area contributed by atoms with Gasteiger partial charge in [0.2, 0.25) is 0 Å². The molecule has 0 unspecified atom stereocenters. The fourth-order valence-electron chi connectivity index (χ4n) is 3.73. The molecule has 150 valence electrons. The molecule has 2 aliphatic heterocycles. The smallest absolute Gasteiger partial charge is 0.273 e. The fraction of sp³-hybridized carbons (Fsp3) is 0.579. The first-order valence-electron chi connectivity index (χ1n) is 9.95. The van der Waals surface area contributed by atoms with Crippen LogP contribution in [0.4, 0.5) is 5.82 Å². The zero-order valence-electron chi connectivity index (χ0n) is 16.0. The molecule has 0 saturated carbocycles. The van der Waals surface area contributed by atoms with Crippen LogP contribution in [0.15, 0.2) is 24.5 Å². The number of hydrogen-bond acceptors (Lipinski definition) is 7. The molecule has 28 heavy (non-hydrogen) atoms. The van der Waals surface area contributed by atoms with Gasteiger partial charge in [-0.25, -0.2) is 4.98 Å². The quantitative estimate of drug-likeness (QED) is 0.745. The van der Waals surface area contributed by atoms with Crippen molar-refractivity contribution in [2.75, 3.05) is 44.3 Å². The SMILES string of the molecule is O=C(NCc1cccnc1N1CCOCC1)c1cn(C[C@@H]2CCCNC2)nn1. The number of nitrogens with one attached hydrogen (secondary N) is 2. The van der Waals surface area contributed by atoms with Crippen LogP contribution in [-0.4, -0.2) is 65.3 Å². The lowest BCUT2D eigenvalue weighted by molar-refractivity contribution is 0.0945. The molecule has 0 bridgehead atoms. The van der Waals surface area contributed by atoms with E-state index in [0.29, 0.717) is 31.4 Å². The highest BCUT2D eigenvalue weighted by molar-refractivity contribution is 5.91. The summed E-state index contributed by atoms with van der Waals surface area (Å²) in [6.07, 6.45) is 5.88. The van der Waals surface area contributed by atoms with Gasteiger partial charge in [-0.15, -0.1) is 5.10 Å². The second kappa shape index (κ2) is 9.11. The highest BCUT2D eigenvalue weighted by atomic mass is 16.5. The van der Waals surface area contributed by atoms with Crippen LogP contribution in [0.3, 0.4) is 0 Å². The topological polar surface area (TPSA) is 97.2 Å². The number of carbonyl (C=O) groups is 1. The fourth-order valence-corrected chi connectivity index (χ4v) is 3.73. The van der Waals surface area contributed by atoms with Crippen LogP contribution in [0.2, 0.25) is 0 Å². The Hall–Kier alpha value is -2.52. The summed E-state index contributed by atoms with van der Waals surface area (Å²) in [5.74, 6) is 1.22. The second-order valence-electron chi connectivity index (χ2n) is 7.31. The van der Waals surface area contributed by atoms with Gasteiger partial charge in [0.25, 0.3) is 5.91 Å². The summed E-state index contributed by atoms with van der Waals surface area (Å²) in [7, 11) is 0. The van der Waals surface area contributed by atoms with E-state index in [1.807, 2.05) is 12.1 Å². The number of nitrogens with zero attached hydrogens (tertiary/aromatic N) is 5. The van der Waals surface area contributed by atoms with Crippen LogP contribution in [0.5, 0.6) is 0 Å². The number of amides is 1. The maximum absolute atomic E-state index is 12.5. The molecule has 2 saturated heterocycles. The van der Waals surface area contributed by atoms with Crippen molar-refractivity contribution >= 4 is 11.7 Å². The molecule has 4 rings (SSSR count). The van der Waals surface area contributed by atoms with Crippen LogP contribution >= 0.6 is 0 Å². The van der Waals surface area contributed by atoms with Gasteiger partial charge in [-0.2, -0.15) is 0 Å². The number of piperidine rings is 1. The molecular formula is C19H27N7O2. The van der Waals surface area contributed by atoms with E-state index >= 15 is 0 Å². The Kier molecular flexibility index (Phi) is 6.13. The van der Waals surface area contributed by atoms with E-state index < -0.39 is 0 Å². The van der Waals surface area contributed by atoms with Crippen LogP contribution in [0.25, 0.3) is 0 Å². The average molecular weight is 385 g/mol. The number of morpholine rings is 1. The van der Waals surface area contributed by atoms with Crippen molar-refractivity contribution in [2.45, 2.75) is 25.9 Å². The molecular weight excluding hydrogens is 358 g/mol. The highest BCUT2D eigenvalue weighted by Crippen LogP contribution is 2.18. The molecule has 0 radical (unpaired) electrons. The minimum atomic E-state index is -0.218. The van der Waals surface area contributed by atoms with Crippen molar-refractivity contribution in [3.63, 3.8) is 0 Å². The van der Waals surface area contributed by atoms with Crippen LogP contribution in [0.1, 0.15) is 28.9 Å². The molecule has 4 heterocycles. The molecule has 2 aromatic rings. The van der Waals surface area contributed by atoms with Crippen LogP contribution in [0, 0.1) is 5.92 Å². The third kappa shape index (κ3) is 4.66. The molecule has 9 nitrogen and oxygen atoms in total. The van der Waals surface area contributed by atoms with Gasteiger partial charge in [-0.1, -0.05) is 11.3 Å². The number of pyridine rings is 1. The summed E-state index contributed by atoms with van der Waals surface area (Å²) in [5.41, 5.74) is 1.33. The van der Waals surface area contributed by atoms with Crippen molar-refractivity contribution in [3.05, 3.63) is 35.8 Å². The summed E-state index contributed by atoms with van der Waals surface area (Å²) >= 11 is 0. The van der Waals surface area contributed by atoms with Gasteiger partial charge >= 0.3 is 0 Å². The third-order valence-corrected chi connectivity index (χ3v) is 5.23. The lowest BCUT2D eigenvalue weighted by Crippen LogP contribution is -2.37. The van der Waals surface area contributed by atoms with E-state index in [1.54, 1.807) is 17.1 Å². The summed E-state index contributed by atoms with van der Waals surface area (Å²) in [6.45, 7) is 6.28.